The molecule has 3 unspecified atom stereocenters. The van der Waals surface area contributed by atoms with Crippen LogP contribution in [0.25, 0.3) is 0 Å². The quantitative estimate of drug-likeness (QED) is 0.895. The van der Waals surface area contributed by atoms with Crippen LogP contribution in [0.4, 0.5) is 4.39 Å². The van der Waals surface area contributed by atoms with E-state index in [0.29, 0.717) is 25.0 Å². The Kier molecular flexibility index (Phi) is 4.82. The Morgan fingerprint density at radius 3 is 2.65 bits per heavy atom. The lowest BCUT2D eigenvalue weighted by Gasteiger charge is -2.44. The lowest BCUT2D eigenvalue weighted by Crippen LogP contribution is -2.57. The molecule has 3 heteroatoms. The van der Waals surface area contributed by atoms with Crippen molar-refractivity contribution in [3.05, 3.63) is 35.6 Å². The Hall–Kier alpha value is -0.930. The molecule has 0 amide bonds. The first-order valence-corrected chi connectivity index (χ1v) is 7.73. The second kappa shape index (κ2) is 6.23. The van der Waals surface area contributed by atoms with Gasteiger partial charge in [0.1, 0.15) is 5.82 Å². The summed E-state index contributed by atoms with van der Waals surface area (Å²) in [6.45, 7) is 7.24. The van der Waals surface area contributed by atoms with Crippen molar-refractivity contribution in [1.82, 2.24) is 4.90 Å². The van der Waals surface area contributed by atoms with Crippen molar-refractivity contribution in [2.45, 2.75) is 64.1 Å². The maximum absolute atomic E-state index is 14.0. The second-order valence-corrected chi connectivity index (χ2v) is 6.36. The lowest BCUT2D eigenvalue weighted by molar-refractivity contribution is 0.0588. The average Bonchev–Trinajstić information content (AvgIpc) is 2.83. The molecule has 0 bridgehead atoms. The molecule has 112 valence electrons. The van der Waals surface area contributed by atoms with Crippen LogP contribution < -0.4 is 5.73 Å². The van der Waals surface area contributed by atoms with Gasteiger partial charge in [0.2, 0.25) is 0 Å². The first kappa shape index (κ1) is 15.5. The number of hydrogen-bond acceptors (Lipinski definition) is 2. The molecule has 1 aliphatic heterocycles. The summed E-state index contributed by atoms with van der Waals surface area (Å²) >= 11 is 0. The highest BCUT2D eigenvalue weighted by Gasteiger charge is 2.41. The van der Waals surface area contributed by atoms with Crippen molar-refractivity contribution in [3.63, 3.8) is 0 Å². The molecule has 0 aliphatic carbocycles. The monoisotopic (exact) mass is 278 g/mol. The van der Waals surface area contributed by atoms with E-state index in [9.17, 15) is 4.39 Å². The number of hydrogen-bond donors (Lipinski definition) is 1. The van der Waals surface area contributed by atoms with Crippen LogP contribution in [0.3, 0.4) is 0 Å². The number of likely N-dealkylation sites (tertiary alicyclic amines) is 1. The average molecular weight is 278 g/mol. The van der Waals surface area contributed by atoms with Crippen LogP contribution in [0.1, 0.15) is 45.6 Å². The van der Waals surface area contributed by atoms with Gasteiger partial charge in [-0.15, -0.1) is 0 Å². The Morgan fingerprint density at radius 1 is 1.35 bits per heavy atom. The highest BCUT2D eigenvalue weighted by molar-refractivity contribution is 5.21. The zero-order valence-corrected chi connectivity index (χ0v) is 12.9. The molecule has 20 heavy (non-hydrogen) atoms. The largest absolute Gasteiger partial charge is 0.329 e. The van der Waals surface area contributed by atoms with Gasteiger partial charge in [-0.3, -0.25) is 4.90 Å². The summed E-state index contributed by atoms with van der Waals surface area (Å²) in [4.78, 5) is 2.54. The molecule has 0 aromatic heterocycles. The van der Waals surface area contributed by atoms with Crippen LogP contribution in [0.2, 0.25) is 0 Å². The fourth-order valence-corrected chi connectivity index (χ4v) is 3.77. The van der Waals surface area contributed by atoms with Gasteiger partial charge in [0, 0.05) is 24.2 Å². The molecular formula is C17H27FN2. The molecule has 1 fully saturated rings. The van der Waals surface area contributed by atoms with E-state index < -0.39 is 0 Å². The number of nitrogens with two attached hydrogens (primary N) is 1. The summed E-state index contributed by atoms with van der Waals surface area (Å²) < 4.78 is 14.0. The van der Waals surface area contributed by atoms with Gasteiger partial charge in [0.05, 0.1) is 0 Å². The third-order valence-electron chi connectivity index (χ3n) is 4.85. The van der Waals surface area contributed by atoms with E-state index in [1.165, 1.54) is 18.9 Å². The van der Waals surface area contributed by atoms with Crippen LogP contribution in [-0.2, 0) is 6.42 Å². The highest BCUT2D eigenvalue weighted by Crippen LogP contribution is 2.35. The number of halogens is 1. The first-order valence-electron chi connectivity index (χ1n) is 7.73. The Morgan fingerprint density at radius 2 is 2.05 bits per heavy atom. The van der Waals surface area contributed by atoms with Crippen LogP contribution >= 0.6 is 0 Å². The summed E-state index contributed by atoms with van der Waals surface area (Å²) in [5, 5.41) is 0. The summed E-state index contributed by atoms with van der Waals surface area (Å²) in [7, 11) is 0. The molecule has 2 N–H and O–H groups in total. The topological polar surface area (TPSA) is 29.3 Å². The van der Waals surface area contributed by atoms with Crippen molar-refractivity contribution in [3.8, 4) is 0 Å². The van der Waals surface area contributed by atoms with E-state index in [2.05, 4.69) is 25.7 Å². The van der Waals surface area contributed by atoms with Gasteiger partial charge in [-0.05, 0) is 51.2 Å². The van der Waals surface area contributed by atoms with Gasteiger partial charge in [-0.25, -0.2) is 4.39 Å². The molecule has 2 nitrogen and oxygen atoms in total. The minimum atomic E-state index is -0.168. The zero-order valence-electron chi connectivity index (χ0n) is 12.9. The molecule has 0 spiro atoms. The molecule has 1 aliphatic rings. The van der Waals surface area contributed by atoms with E-state index >= 15 is 0 Å². The lowest BCUT2D eigenvalue weighted by atomic mass is 9.88. The van der Waals surface area contributed by atoms with Gasteiger partial charge in [0.15, 0.2) is 0 Å². The summed E-state index contributed by atoms with van der Waals surface area (Å²) in [5.74, 6) is -0.118. The van der Waals surface area contributed by atoms with Gasteiger partial charge >= 0.3 is 0 Å². The predicted octanol–water partition coefficient (Wildman–Crippen LogP) is 3.35. The Bertz CT molecular complexity index is 448. The van der Waals surface area contributed by atoms with Crippen LogP contribution in [0.5, 0.6) is 0 Å². The van der Waals surface area contributed by atoms with E-state index in [-0.39, 0.29) is 11.4 Å². The van der Waals surface area contributed by atoms with Gasteiger partial charge in [0.25, 0.3) is 0 Å². The Labute approximate surface area is 122 Å². The molecular weight excluding hydrogens is 251 g/mol. The smallest absolute Gasteiger partial charge is 0.126 e. The van der Waals surface area contributed by atoms with Crippen molar-refractivity contribution in [2.24, 2.45) is 5.73 Å². The van der Waals surface area contributed by atoms with E-state index in [4.69, 9.17) is 5.73 Å². The van der Waals surface area contributed by atoms with Crippen LogP contribution in [-0.4, -0.2) is 29.1 Å². The Balaban J connectivity index is 2.26. The van der Waals surface area contributed by atoms with E-state index in [1.807, 2.05) is 12.1 Å². The number of rotatable bonds is 5. The molecule has 1 aromatic carbocycles. The van der Waals surface area contributed by atoms with E-state index in [0.717, 1.165) is 12.0 Å². The maximum atomic E-state index is 14.0. The predicted molar refractivity (Wildman–Crippen MR) is 82.2 cm³/mol. The number of nitrogens with zero attached hydrogens (tertiary/aromatic N) is 1. The fraction of sp³-hybridized carbons (Fsp3) is 0.647. The minimum absolute atomic E-state index is 0.118. The second-order valence-electron chi connectivity index (χ2n) is 6.36. The van der Waals surface area contributed by atoms with Gasteiger partial charge in [-0.1, -0.05) is 25.1 Å². The third-order valence-corrected chi connectivity index (χ3v) is 4.85. The minimum Gasteiger partial charge on any atom is -0.329 e. The van der Waals surface area contributed by atoms with Crippen LogP contribution in [0.15, 0.2) is 24.3 Å². The van der Waals surface area contributed by atoms with Gasteiger partial charge in [-0.2, -0.15) is 0 Å². The summed E-state index contributed by atoms with van der Waals surface area (Å²) in [6.07, 6.45) is 4.25. The molecule has 2 rings (SSSR count). The normalized spacial score (nSPS) is 26.6. The SMILES string of the molecule is CCC1CCC(C)N1C(C)(CN)Cc1ccccc1F. The molecule has 3 atom stereocenters. The third kappa shape index (κ3) is 2.89. The molecule has 0 radical (unpaired) electrons. The highest BCUT2D eigenvalue weighted by atomic mass is 19.1. The number of benzene rings is 1. The molecule has 1 heterocycles. The maximum Gasteiger partial charge on any atom is 0.126 e. The van der Waals surface area contributed by atoms with E-state index in [1.54, 1.807) is 6.07 Å². The van der Waals surface area contributed by atoms with Crippen molar-refractivity contribution < 1.29 is 4.39 Å². The molecule has 1 aromatic rings. The van der Waals surface area contributed by atoms with Crippen molar-refractivity contribution in [1.29, 1.82) is 0 Å². The van der Waals surface area contributed by atoms with Crippen LogP contribution in [0, 0.1) is 5.82 Å². The standard InChI is InChI=1S/C17H27FN2/c1-4-15-10-9-13(2)20(15)17(3,12-19)11-14-7-5-6-8-16(14)18/h5-8,13,15H,4,9-12,19H2,1-3H3. The zero-order chi connectivity index (χ0) is 14.8. The van der Waals surface area contributed by atoms with Crippen molar-refractivity contribution in [2.75, 3.05) is 6.54 Å². The summed E-state index contributed by atoms with van der Waals surface area (Å²) in [6, 6.07) is 8.17. The molecule has 0 saturated carbocycles. The van der Waals surface area contributed by atoms with Gasteiger partial charge < -0.3 is 5.73 Å². The first-order chi connectivity index (χ1) is 9.51. The fourth-order valence-electron chi connectivity index (χ4n) is 3.77. The molecule has 1 saturated heterocycles. The van der Waals surface area contributed by atoms with Crippen molar-refractivity contribution >= 4 is 0 Å². The summed E-state index contributed by atoms with van der Waals surface area (Å²) in [5.41, 5.74) is 6.70.